The van der Waals surface area contributed by atoms with E-state index in [2.05, 4.69) is 36.7 Å². The van der Waals surface area contributed by atoms with Gasteiger partial charge >= 0.3 is 0 Å². The molecule has 0 bridgehead atoms. The fourth-order valence-electron chi connectivity index (χ4n) is 2.00. The molecule has 2 rings (SSSR count). The first-order valence-electron chi connectivity index (χ1n) is 5.73. The van der Waals surface area contributed by atoms with Crippen molar-refractivity contribution < 1.29 is 9.84 Å². The lowest BCUT2D eigenvalue weighted by atomic mass is 10.0. The summed E-state index contributed by atoms with van der Waals surface area (Å²) < 4.78 is 5.26. The van der Waals surface area contributed by atoms with E-state index < -0.39 is 0 Å². The average Bonchev–Trinajstić information content (AvgIpc) is 2.85. The minimum absolute atomic E-state index is 0.0644. The van der Waals surface area contributed by atoms with Crippen molar-refractivity contribution in [2.24, 2.45) is 5.92 Å². The highest BCUT2D eigenvalue weighted by molar-refractivity contribution is 7.10. The standard InChI is InChI=1S/C12H19NO2S/c1-8(2)12(11-4-3-5-16-11)13-9-6-15-7-10(9)14/h3-5,8-10,12-14H,6-7H2,1-2H3. The highest BCUT2D eigenvalue weighted by atomic mass is 32.1. The van der Waals surface area contributed by atoms with Crippen LogP contribution in [0.4, 0.5) is 0 Å². The van der Waals surface area contributed by atoms with Crippen LogP contribution < -0.4 is 5.32 Å². The molecule has 1 aliphatic heterocycles. The molecule has 0 spiro atoms. The van der Waals surface area contributed by atoms with Gasteiger partial charge in [0.25, 0.3) is 0 Å². The van der Waals surface area contributed by atoms with Crippen molar-refractivity contribution in [1.82, 2.24) is 5.32 Å². The fraction of sp³-hybridized carbons (Fsp3) is 0.667. The van der Waals surface area contributed by atoms with Crippen molar-refractivity contribution in [2.75, 3.05) is 13.2 Å². The maximum atomic E-state index is 9.73. The highest BCUT2D eigenvalue weighted by Crippen LogP contribution is 2.27. The van der Waals surface area contributed by atoms with Crippen LogP contribution in [0.1, 0.15) is 24.8 Å². The molecule has 0 saturated carbocycles. The SMILES string of the molecule is CC(C)C(NC1COCC1O)c1cccs1. The lowest BCUT2D eigenvalue weighted by Gasteiger charge is -2.26. The zero-order valence-corrected chi connectivity index (χ0v) is 10.5. The Balaban J connectivity index is 2.03. The van der Waals surface area contributed by atoms with Gasteiger partial charge in [0.1, 0.15) is 0 Å². The van der Waals surface area contributed by atoms with E-state index in [1.54, 1.807) is 11.3 Å². The van der Waals surface area contributed by atoms with Crippen LogP contribution in [-0.2, 0) is 4.74 Å². The Morgan fingerprint density at radius 2 is 2.31 bits per heavy atom. The molecule has 3 atom stereocenters. The number of aliphatic hydroxyl groups excluding tert-OH is 1. The molecule has 3 unspecified atom stereocenters. The van der Waals surface area contributed by atoms with Crippen LogP contribution in [0.2, 0.25) is 0 Å². The Morgan fingerprint density at radius 1 is 1.50 bits per heavy atom. The predicted molar refractivity (Wildman–Crippen MR) is 65.6 cm³/mol. The first-order chi connectivity index (χ1) is 7.68. The van der Waals surface area contributed by atoms with Gasteiger partial charge in [0.05, 0.1) is 25.4 Å². The summed E-state index contributed by atoms with van der Waals surface area (Å²) >= 11 is 1.76. The second-order valence-corrected chi connectivity index (χ2v) is 5.59. The molecular formula is C12H19NO2S. The molecule has 2 N–H and O–H groups in total. The Hall–Kier alpha value is -0.420. The molecule has 1 aromatic rings. The van der Waals surface area contributed by atoms with Gasteiger partial charge in [-0.1, -0.05) is 19.9 Å². The summed E-state index contributed by atoms with van der Waals surface area (Å²) in [6.07, 6.45) is -0.374. The molecule has 0 radical (unpaired) electrons. The second kappa shape index (κ2) is 5.27. The van der Waals surface area contributed by atoms with Gasteiger partial charge in [0.15, 0.2) is 0 Å². The molecule has 1 fully saturated rings. The third-order valence-electron chi connectivity index (χ3n) is 2.96. The number of aliphatic hydroxyl groups is 1. The number of rotatable bonds is 4. The van der Waals surface area contributed by atoms with E-state index in [0.717, 1.165) is 0 Å². The normalized spacial score (nSPS) is 27.5. The van der Waals surface area contributed by atoms with E-state index in [9.17, 15) is 5.11 Å². The molecule has 1 aromatic heterocycles. The van der Waals surface area contributed by atoms with Crippen LogP contribution >= 0.6 is 11.3 Å². The summed E-state index contributed by atoms with van der Waals surface area (Å²) in [7, 11) is 0. The summed E-state index contributed by atoms with van der Waals surface area (Å²) in [5.41, 5.74) is 0. The topological polar surface area (TPSA) is 41.5 Å². The zero-order chi connectivity index (χ0) is 11.5. The van der Waals surface area contributed by atoms with E-state index in [0.29, 0.717) is 25.2 Å². The van der Waals surface area contributed by atoms with E-state index >= 15 is 0 Å². The van der Waals surface area contributed by atoms with Crippen molar-refractivity contribution in [3.63, 3.8) is 0 Å². The Kier molecular flexibility index (Phi) is 3.97. The smallest absolute Gasteiger partial charge is 0.0948 e. The third-order valence-corrected chi connectivity index (χ3v) is 3.92. The zero-order valence-electron chi connectivity index (χ0n) is 9.72. The molecule has 1 saturated heterocycles. The molecule has 0 amide bonds. The van der Waals surface area contributed by atoms with Gasteiger partial charge in [-0.2, -0.15) is 0 Å². The summed E-state index contributed by atoms with van der Waals surface area (Å²) in [5, 5.41) is 15.3. The van der Waals surface area contributed by atoms with Crippen LogP contribution in [0, 0.1) is 5.92 Å². The molecule has 3 nitrogen and oxygen atoms in total. The van der Waals surface area contributed by atoms with Crippen molar-refractivity contribution in [3.8, 4) is 0 Å². The maximum absolute atomic E-state index is 9.73. The van der Waals surface area contributed by atoms with Gasteiger partial charge in [-0.15, -0.1) is 11.3 Å². The lowest BCUT2D eigenvalue weighted by molar-refractivity contribution is 0.120. The average molecular weight is 241 g/mol. The van der Waals surface area contributed by atoms with E-state index in [4.69, 9.17) is 4.74 Å². The summed E-state index contributed by atoms with van der Waals surface area (Å²) in [6, 6.07) is 4.58. The second-order valence-electron chi connectivity index (χ2n) is 4.62. The Bertz CT molecular complexity index is 313. The molecule has 1 aliphatic rings. The maximum Gasteiger partial charge on any atom is 0.0948 e. The fourth-order valence-corrected chi connectivity index (χ4v) is 2.96. The van der Waals surface area contributed by atoms with Crippen LogP contribution in [-0.4, -0.2) is 30.5 Å². The van der Waals surface area contributed by atoms with Crippen molar-refractivity contribution in [3.05, 3.63) is 22.4 Å². The lowest BCUT2D eigenvalue weighted by Crippen LogP contribution is -2.42. The Morgan fingerprint density at radius 3 is 2.81 bits per heavy atom. The molecule has 0 aromatic carbocycles. The van der Waals surface area contributed by atoms with E-state index in [-0.39, 0.29) is 12.1 Å². The predicted octanol–water partition coefficient (Wildman–Crippen LogP) is 1.79. The minimum atomic E-state index is -0.374. The molecular weight excluding hydrogens is 222 g/mol. The quantitative estimate of drug-likeness (QED) is 0.844. The first kappa shape index (κ1) is 12.0. The number of hydrogen-bond donors (Lipinski definition) is 2. The van der Waals surface area contributed by atoms with Gasteiger partial charge in [-0.05, 0) is 17.4 Å². The summed E-state index contributed by atoms with van der Waals surface area (Å²) in [4.78, 5) is 1.33. The van der Waals surface area contributed by atoms with Crippen molar-refractivity contribution in [2.45, 2.75) is 32.0 Å². The summed E-state index contributed by atoms with van der Waals surface area (Å²) in [5.74, 6) is 0.506. The molecule has 4 heteroatoms. The largest absolute Gasteiger partial charge is 0.389 e. The van der Waals surface area contributed by atoms with Crippen molar-refractivity contribution in [1.29, 1.82) is 0 Å². The summed E-state index contributed by atoms with van der Waals surface area (Å²) in [6.45, 7) is 5.45. The Labute approximate surface area is 100 Å². The molecule has 16 heavy (non-hydrogen) atoms. The van der Waals surface area contributed by atoms with Crippen LogP contribution in [0.15, 0.2) is 17.5 Å². The number of nitrogens with one attached hydrogen (secondary N) is 1. The van der Waals surface area contributed by atoms with Gasteiger partial charge in [-0.25, -0.2) is 0 Å². The van der Waals surface area contributed by atoms with Gasteiger partial charge in [-0.3, -0.25) is 0 Å². The van der Waals surface area contributed by atoms with Crippen LogP contribution in [0.3, 0.4) is 0 Å². The monoisotopic (exact) mass is 241 g/mol. The van der Waals surface area contributed by atoms with E-state index in [1.165, 1.54) is 4.88 Å². The minimum Gasteiger partial charge on any atom is -0.389 e. The van der Waals surface area contributed by atoms with Crippen LogP contribution in [0.25, 0.3) is 0 Å². The molecule has 90 valence electrons. The highest BCUT2D eigenvalue weighted by Gasteiger charge is 2.29. The first-order valence-corrected chi connectivity index (χ1v) is 6.61. The number of ether oxygens (including phenoxy) is 1. The number of hydrogen-bond acceptors (Lipinski definition) is 4. The molecule has 2 heterocycles. The van der Waals surface area contributed by atoms with Gasteiger partial charge in [0.2, 0.25) is 0 Å². The van der Waals surface area contributed by atoms with Crippen molar-refractivity contribution >= 4 is 11.3 Å². The number of thiophene rings is 1. The van der Waals surface area contributed by atoms with Gasteiger partial charge in [0, 0.05) is 10.9 Å². The van der Waals surface area contributed by atoms with Crippen LogP contribution in [0.5, 0.6) is 0 Å². The molecule has 0 aliphatic carbocycles. The van der Waals surface area contributed by atoms with E-state index in [1.807, 2.05) is 0 Å². The third kappa shape index (κ3) is 2.63. The van der Waals surface area contributed by atoms with Gasteiger partial charge < -0.3 is 15.2 Å².